The molecule has 1 aromatic rings. The van der Waals surface area contributed by atoms with E-state index in [9.17, 15) is 0 Å². The van der Waals surface area contributed by atoms with Gasteiger partial charge in [-0.2, -0.15) is 0 Å². The summed E-state index contributed by atoms with van der Waals surface area (Å²) in [4.78, 5) is 0. The third kappa shape index (κ3) is 3.32. The van der Waals surface area contributed by atoms with Crippen molar-refractivity contribution in [1.29, 1.82) is 0 Å². The van der Waals surface area contributed by atoms with E-state index >= 15 is 0 Å². The van der Waals surface area contributed by atoms with Crippen molar-refractivity contribution < 1.29 is 0 Å². The smallest absolute Gasteiger partial charge is 0.228 e. The van der Waals surface area contributed by atoms with Gasteiger partial charge in [0.2, 0.25) is 8.13 Å². The van der Waals surface area contributed by atoms with Crippen LogP contribution in [0.25, 0.3) is 0 Å². The lowest BCUT2D eigenvalue weighted by atomic mass is 10.1. The summed E-state index contributed by atoms with van der Waals surface area (Å²) in [5.74, 6) is 0. The minimum Gasteiger partial charge on any atom is -0.249 e. The molecule has 8 heteroatoms. The molecule has 0 bridgehead atoms. The molecule has 0 saturated carbocycles. The molecule has 0 fully saturated rings. The van der Waals surface area contributed by atoms with Crippen molar-refractivity contribution >= 4 is 58.0 Å². The molecule has 0 aliphatic heterocycles. The standard InChI is InChI=1S/C9H12Cl5N3/c1-3-4-5-6-7(17(2)16-15-6)8(10,11)9(12,13)14/h3-5H2,1-2H3. The van der Waals surface area contributed by atoms with Crippen LogP contribution in [0.4, 0.5) is 0 Å². The summed E-state index contributed by atoms with van der Waals surface area (Å²) in [6.45, 7) is 2.07. The number of alkyl halides is 5. The van der Waals surface area contributed by atoms with E-state index < -0.39 is 8.13 Å². The highest BCUT2D eigenvalue weighted by molar-refractivity contribution is 6.75. The second-order valence-corrected chi connectivity index (χ2v) is 7.29. The average Bonchev–Trinajstić information content (AvgIpc) is 2.55. The molecule has 0 amide bonds. The first-order valence-electron chi connectivity index (χ1n) is 5.05. The first-order valence-corrected chi connectivity index (χ1v) is 6.94. The van der Waals surface area contributed by atoms with Crippen LogP contribution in [0, 0.1) is 0 Å². The van der Waals surface area contributed by atoms with Crippen LogP contribution >= 0.6 is 58.0 Å². The van der Waals surface area contributed by atoms with E-state index in [0.29, 0.717) is 17.8 Å². The fourth-order valence-corrected chi connectivity index (χ4v) is 2.16. The van der Waals surface area contributed by atoms with E-state index in [0.717, 1.165) is 12.8 Å². The Bertz CT molecular complexity index is 382. The number of aromatic nitrogens is 3. The summed E-state index contributed by atoms with van der Waals surface area (Å²) in [7, 11) is 1.66. The molecule has 1 aromatic heterocycles. The molecule has 0 spiro atoms. The van der Waals surface area contributed by atoms with Gasteiger partial charge in [-0.3, -0.25) is 0 Å². The van der Waals surface area contributed by atoms with Crippen LogP contribution < -0.4 is 0 Å². The second kappa shape index (κ2) is 5.70. The molecule has 98 valence electrons. The Morgan fingerprint density at radius 2 is 1.76 bits per heavy atom. The van der Waals surface area contributed by atoms with E-state index in [2.05, 4.69) is 17.2 Å². The second-order valence-electron chi connectivity index (χ2n) is 3.68. The number of hydrogen-bond acceptors (Lipinski definition) is 2. The molecule has 0 aliphatic rings. The molecule has 17 heavy (non-hydrogen) atoms. The summed E-state index contributed by atoms with van der Waals surface area (Å²) >= 11 is 29.7. The number of rotatable bonds is 4. The lowest BCUT2D eigenvalue weighted by Gasteiger charge is -2.27. The summed E-state index contributed by atoms with van der Waals surface area (Å²) < 4.78 is -2.10. The van der Waals surface area contributed by atoms with Gasteiger partial charge in [0.15, 0.2) is 0 Å². The van der Waals surface area contributed by atoms with Crippen LogP contribution in [0.15, 0.2) is 0 Å². The van der Waals surface area contributed by atoms with Gasteiger partial charge in [-0.15, -0.1) is 5.10 Å². The van der Waals surface area contributed by atoms with Crippen molar-refractivity contribution in [3.63, 3.8) is 0 Å². The first kappa shape index (κ1) is 15.6. The molecule has 1 heterocycles. The minimum absolute atomic E-state index is 0.425. The van der Waals surface area contributed by atoms with Crippen LogP contribution in [-0.2, 0) is 17.8 Å². The lowest BCUT2D eigenvalue weighted by molar-refractivity contribution is 0.649. The largest absolute Gasteiger partial charge is 0.249 e. The lowest BCUT2D eigenvalue weighted by Crippen LogP contribution is -2.31. The molecule has 3 nitrogen and oxygen atoms in total. The highest BCUT2D eigenvalue weighted by Gasteiger charge is 2.51. The van der Waals surface area contributed by atoms with Crippen LogP contribution in [0.2, 0.25) is 0 Å². The number of unbranched alkanes of at least 4 members (excludes halogenated alkanes) is 1. The normalized spacial score (nSPS) is 13.1. The Morgan fingerprint density at radius 1 is 1.18 bits per heavy atom. The highest BCUT2D eigenvalue weighted by Crippen LogP contribution is 2.53. The predicted octanol–water partition coefficient (Wildman–Crippen LogP) is 4.16. The molecule has 0 unspecified atom stereocenters. The highest BCUT2D eigenvalue weighted by atomic mass is 35.6. The summed E-state index contributed by atoms with van der Waals surface area (Å²) in [6.07, 6.45) is 2.65. The molecule has 1 rings (SSSR count). The molecule has 0 atom stereocenters. The van der Waals surface area contributed by atoms with Crippen molar-refractivity contribution in [3.05, 3.63) is 11.4 Å². The predicted molar refractivity (Wildman–Crippen MR) is 73.3 cm³/mol. The van der Waals surface area contributed by atoms with Gasteiger partial charge in [-0.25, -0.2) is 4.68 Å². The number of aryl methyl sites for hydroxylation is 2. The zero-order valence-electron chi connectivity index (χ0n) is 9.35. The van der Waals surface area contributed by atoms with Gasteiger partial charge in [-0.1, -0.05) is 76.6 Å². The number of hydrogen-bond donors (Lipinski definition) is 0. The Balaban J connectivity index is 3.16. The first-order chi connectivity index (χ1) is 7.71. The molecule has 0 aromatic carbocycles. The van der Waals surface area contributed by atoms with Crippen LogP contribution in [0.3, 0.4) is 0 Å². The van der Waals surface area contributed by atoms with Gasteiger partial charge >= 0.3 is 0 Å². The summed E-state index contributed by atoms with van der Waals surface area (Å²) in [5, 5.41) is 7.87. The summed E-state index contributed by atoms with van der Waals surface area (Å²) in [5.41, 5.74) is 1.08. The maximum absolute atomic E-state index is 6.14. The zero-order chi connectivity index (χ0) is 13.3. The van der Waals surface area contributed by atoms with Crippen LogP contribution in [0.5, 0.6) is 0 Å². The molecular weight excluding hydrogens is 327 g/mol. The fourth-order valence-electron chi connectivity index (χ4n) is 1.43. The topological polar surface area (TPSA) is 30.7 Å². The van der Waals surface area contributed by atoms with E-state index in [1.165, 1.54) is 4.68 Å². The van der Waals surface area contributed by atoms with Crippen LogP contribution in [0.1, 0.15) is 31.2 Å². The molecule has 0 saturated heterocycles. The van der Waals surface area contributed by atoms with E-state index in [-0.39, 0.29) is 0 Å². The quantitative estimate of drug-likeness (QED) is 0.771. The van der Waals surface area contributed by atoms with E-state index in [4.69, 9.17) is 58.0 Å². The van der Waals surface area contributed by atoms with Crippen LogP contribution in [-0.4, -0.2) is 18.8 Å². The Kier molecular flexibility index (Phi) is 5.25. The minimum atomic E-state index is -1.85. The van der Waals surface area contributed by atoms with Gasteiger partial charge < -0.3 is 0 Å². The third-order valence-corrected chi connectivity index (χ3v) is 4.67. The number of halogens is 5. The number of nitrogens with zero attached hydrogens (tertiary/aromatic N) is 3. The average molecular weight is 339 g/mol. The van der Waals surface area contributed by atoms with E-state index in [1.54, 1.807) is 7.05 Å². The zero-order valence-corrected chi connectivity index (χ0v) is 13.1. The van der Waals surface area contributed by atoms with Gasteiger partial charge in [0.05, 0.1) is 5.69 Å². The monoisotopic (exact) mass is 337 g/mol. The molecule has 0 N–H and O–H groups in total. The maximum Gasteiger partial charge on any atom is 0.228 e. The van der Waals surface area contributed by atoms with Crippen molar-refractivity contribution in [2.45, 2.75) is 34.3 Å². The summed E-state index contributed by atoms with van der Waals surface area (Å²) in [6, 6.07) is 0. The van der Waals surface area contributed by atoms with Crippen molar-refractivity contribution in [2.24, 2.45) is 7.05 Å². The van der Waals surface area contributed by atoms with Crippen molar-refractivity contribution in [3.8, 4) is 0 Å². The molecular formula is C9H12Cl5N3. The van der Waals surface area contributed by atoms with Gasteiger partial charge in [0.1, 0.15) is 5.69 Å². The van der Waals surface area contributed by atoms with Crippen molar-refractivity contribution in [1.82, 2.24) is 15.0 Å². The molecule has 0 radical (unpaired) electrons. The SMILES string of the molecule is CCCCc1nnn(C)c1C(Cl)(Cl)C(Cl)(Cl)Cl. The van der Waals surface area contributed by atoms with Gasteiger partial charge in [0.25, 0.3) is 0 Å². The maximum atomic E-state index is 6.14. The fraction of sp³-hybridized carbons (Fsp3) is 0.778. The Morgan fingerprint density at radius 3 is 2.24 bits per heavy atom. The van der Waals surface area contributed by atoms with Crippen molar-refractivity contribution in [2.75, 3.05) is 0 Å². The Labute approximate surface area is 125 Å². The van der Waals surface area contributed by atoms with Gasteiger partial charge in [-0.05, 0) is 12.8 Å². The Hall–Kier alpha value is 0.590. The van der Waals surface area contributed by atoms with E-state index in [1.807, 2.05) is 0 Å². The van der Waals surface area contributed by atoms with Gasteiger partial charge in [0, 0.05) is 7.05 Å². The molecule has 0 aliphatic carbocycles. The third-order valence-electron chi connectivity index (χ3n) is 2.32.